The fraction of sp³-hybridized carbons (Fsp3) is 0.467. The minimum Gasteiger partial charge on any atom is -0.444 e. The Morgan fingerprint density at radius 2 is 1.59 bits per heavy atom. The zero-order valence-electron chi connectivity index (χ0n) is 13.0. The van der Waals surface area contributed by atoms with Crippen molar-refractivity contribution in [3.05, 3.63) is 35.1 Å². The highest BCUT2D eigenvalue weighted by atomic mass is 19.2. The second kappa shape index (κ2) is 5.98. The number of benzene rings is 1. The summed E-state index contributed by atoms with van der Waals surface area (Å²) < 4.78 is 45.4. The predicted octanol–water partition coefficient (Wildman–Crippen LogP) is 3.38. The molecule has 0 aliphatic heterocycles. The van der Waals surface area contributed by atoms with Crippen LogP contribution in [-0.2, 0) is 15.1 Å². The fourth-order valence-electron chi connectivity index (χ4n) is 1.75. The SMILES string of the molecule is CN(C(=O)OC(C)(C)C)C(C)(C=O)c1cc(F)c(F)cc1F. The summed E-state index contributed by atoms with van der Waals surface area (Å²) in [5.74, 6) is -3.83. The van der Waals surface area contributed by atoms with Crippen molar-refractivity contribution < 1.29 is 27.5 Å². The van der Waals surface area contributed by atoms with Crippen molar-refractivity contribution in [1.82, 2.24) is 4.90 Å². The van der Waals surface area contributed by atoms with Gasteiger partial charge in [0.2, 0.25) is 0 Å². The molecule has 1 rings (SSSR count). The molecule has 1 atom stereocenters. The molecule has 7 heteroatoms. The number of carbonyl (C=O) groups excluding carboxylic acids is 2. The summed E-state index contributed by atoms with van der Waals surface area (Å²) >= 11 is 0. The Balaban J connectivity index is 3.30. The molecule has 1 amide bonds. The monoisotopic (exact) mass is 317 g/mol. The van der Waals surface area contributed by atoms with Crippen molar-refractivity contribution in [2.45, 2.75) is 38.8 Å². The van der Waals surface area contributed by atoms with Crippen LogP contribution in [0.2, 0.25) is 0 Å². The topological polar surface area (TPSA) is 46.6 Å². The molecule has 0 spiro atoms. The first kappa shape index (κ1) is 18.0. The van der Waals surface area contributed by atoms with E-state index in [-0.39, 0.29) is 6.29 Å². The molecule has 0 bridgehead atoms. The quantitative estimate of drug-likeness (QED) is 0.634. The van der Waals surface area contributed by atoms with Crippen molar-refractivity contribution in [3.63, 3.8) is 0 Å². The van der Waals surface area contributed by atoms with Crippen LogP contribution in [0.15, 0.2) is 12.1 Å². The van der Waals surface area contributed by atoms with Crippen LogP contribution in [0.25, 0.3) is 0 Å². The average Bonchev–Trinajstić information content (AvgIpc) is 2.39. The van der Waals surface area contributed by atoms with Crippen molar-refractivity contribution in [2.24, 2.45) is 0 Å². The van der Waals surface area contributed by atoms with E-state index >= 15 is 0 Å². The summed E-state index contributed by atoms with van der Waals surface area (Å²) in [5, 5.41) is 0. The van der Waals surface area contributed by atoms with Crippen LogP contribution >= 0.6 is 0 Å². The normalized spacial score (nSPS) is 14.2. The third-order valence-corrected chi connectivity index (χ3v) is 3.15. The molecule has 0 fully saturated rings. The van der Waals surface area contributed by atoms with Gasteiger partial charge in [-0.1, -0.05) is 0 Å². The highest BCUT2D eigenvalue weighted by Gasteiger charge is 2.39. The Morgan fingerprint density at radius 1 is 1.09 bits per heavy atom. The van der Waals surface area contributed by atoms with E-state index in [1.807, 2.05) is 0 Å². The summed E-state index contributed by atoms with van der Waals surface area (Å²) in [7, 11) is 1.21. The number of hydrogen-bond acceptors (Lipinski definition) is 3. The second-order valence-electron chi connectivity index (χ2n) is 6.05. The average molecular weight is 317 g/mol. The molecular weight excluding hydrogens is 299 g/mol. The lowest BCUT2D eigenvalue weighted by molar-refractivity contribution is -0.117. The Labute approximate surface area is 126 Å². The highest BCUT2D eigenvalue weighted by Crippen LogP contribution is 2.30. The molecule has 0 radical (unpaired) electrons. The summed E-state index contributed by atoms with van der Waals surface area (Å²) in [4.78, 5) is 24.3. The number of carbonyl (C=O) groups is 2. The molecule has 0 heterocycles. The van der Waals surface area contributed by atoms with E-state index in [4.69, 9.17) is 4.74 Å². The van der Waals surface area contributed by atoms with Crippen molar-refractivity contribution in [3.8, 4) is 0 Å². The summed E-state index contributed by atoms with van der Waals surface area (Å²) in [5.41, 5.74) is -3.14. The smallest absolute Gasteiger partial charge is 0.411 e. The molecular formula is C15H18F3NO3. The number of likely N-dealkylation sites (N-methyl/N-ethyl adjacent to an activating group) is 1. The molecule has 1 aromatic rings. The second-order valence-corrected chi connectivity index (χ2v) is 6.05. The third-order valence-electron chi connectivity index (χ3n) is 3.15. The largest absolute Gasteiger partial charge is 0.444 e. The molecule has 0 saturated heterocycles. The Morgan fingerprint density at radius 3 is 2.05 bits per heavy atom. The van der Waals surface area contributed by atoms with Gasteiger partial charge in [0.25, 0.3) is 0 Å². The maximum absolute atomic E-state index is 13.9. The van der Waals surface area contributed by atoms with Crippen LogP contribution in [0.5, 0.6) is 0 Å². The van der Waals surface area contributed by atoms with Crippen molar-refractivity contribution in [2.75, 3.05) is 7.05 Å². The van der Waals surface area contributed by atoms with Gasteiger partial charge < -0.3 is 9.53 Å². The first-order valence-corrected chi connectivity index (χ1v) is 6.50. The van der Waals surface area contributed by atoms with Gasteiger partial charge in [-0.15, -0.1) is 0 Å². The van der Waals surface area contributed by atoms with Gasteiger partial charge in [0.1, 0.15) is 23.2 Å². The van der Waals surface area contributed by atoms with Crippen LogP contribution in [0.1, 0.15) is 33.3 Å². The van der Waals surface area contributed by atoms with Crippen molar-refractivity contribution >= 4 is 12.4 Å². The van der Waals surface area contributed by atoms with Crippen LogP contribution < -0.4 is 0 Å². The maximum atomic E-state index is 13.9. The first-order valence-electron chi connectivity index (χ1n) is 6.50. The van der Waals surface area contributed by atoms with Gasteiger partial charge >= 0.3 is 6.09 Å². The van der Waals surface area contributed by atoms with E-state index in [0.29, 0.717) is 12.1 Å². The van der Waals surface area contributed by atoms with Gasteiger partial charge in [0, 0.05) is 18.7 Å². The number of halogens is 3. The number of aldehydes is 1. The highest BCUT2D eigenvalue weighted by molar-refractivity contribution is 5.78. The van der Waals surface area contributed by atoms with Crippen LogP contribution in [0.4, 0.5) is 18.0 Å². The molecule has 4 nitrogen and oxygen atoms in total. The van der Waals surface area contributed by atoms with Crippen LogP contribution in [-0.4, -0.2) is 29.9 Å². The zero-order valence-corrected chi connectivity index (χ0v) is 13.0. The van der Waals surface area contributed by atoms with Gasteiger partial charge in [-0.25, -0.2) is 18.0 Å². The molecule has 1 unspecified atom stereocenters. The van der Waals surface area contributed by atoms with E-state index < -0.39 is 40.2 Å². The van der Waals surface area contributed by atoms with Crippen LogP contribution in [0.3, 0.4) is 0 Å². The molecule has 0 aliphatic carbocycles. The van der Waals surface area contributed by atoms with Gasteiger partial charge in [-0.3, -0.25) is 4.90 Å². The van der Waals surface area contributed by atoms with Crippen molar-refractivity contribution in [1.29, 1.82) is 0 Å². The standard InChI is InChI=1S/C15H18F3NO3/c1-14(2,3)22-13(21)19(5)15(4,8-20)9-6-11(17)12(18)7-10(9)16/h6-8H,1-5H3. The Hall–Kier alpha value is -2.05. The number of nitrogens with zero attached hydrogens (tertiary/aromatic N) is 1. The Bertz CT molecular complexity index is 598. The first-order chi connectivity index (χ1) is 9.92. The molecule has 0 aliphatic rings. The zero-order chi connectivity index (χ0) is 17.3. The van der Waals surface area contributed by atoms with E-state index in [1.54, 1.807) is 20.8 Å². The van der Waals surface area contributed by atoms with E-state index in [1.165, 1.54) is 14.0 Å². The minimum atomic E-state index is -1.85. The fourth-order valence-corrected chi connectivity index (χ4v) is 1.75. The maximum Gasteiger partial charge on any atom is 0.411 e. The van der Waals surface area contributed by atoms with Gasteiger partial charge in [0.15, 0.2) is 11.6 Å². The van der Waals surface area contributed by atoms with Gasteiger partial charge in [-0.05, 0) is 33.8 Å². The lowest BCUT2D eigenvalue weighted by Crippen LogP contribution is -2.48. The van der Waals surface area contributed by atoms with Gasteiger partial charge in [0.05, 0.1) is 0 Å². The molecule has 0 N–H and O–H groups in total. The van der Waals surface area contributed by atoms with Gasteiger partial charge in [-0.2, -0.15) is 0 Å². The number of hydrogen-bond donors (Lipinski definition) is 0. The molecule has 1 aromatic carbocycles. The summed E-state index contributed by atoms with van der Waals surface area (Å²) in [6.45, 7) is 6.07. The number of rotatable bonds is 3. The molecule has 22 heavy (non-hydrogen) atoms. The van der Waals surface area contributed by atoms with E-state index in [2.05, 4.69) is 0 Å². The predicted molar refractivity (Wildman–Crippen MR) is 73.7 cm³/mol. The lowest BCUT2D eigenvalue weighted by Gasteiger charge is -2.35. The minimum absolute atomic E-state index is 0.271. The lowest BCUT2D eigenvalue weighted by atomic mass is 9.91. The third kappa shape index (κ3) is 3.58. The molecule has 122 valence electrons. The summed E-state index contributed by atoms with van der Waals surface area (Å²) in [6.07, 6.45) is -0.626. The van der Waals surface area contributed by atoms with Crippen LogP contribution in [0, 0.1) is 17.5 Å². The number of ether oxygens (including phenoxy) is 1. The Kier molecular flexibility index (Phi) is 4.89. The van der Waals surface area contributed by atoms with E-state index in [9.17, 15) is 22.8 Å². The molecule has 0 aromatic heterocycles. The number of amides is 1. The molecule has 0 saturated carbocycles. The van der Waals surface area contributed by atoms with E-state index in [0.717, 1.165) is 4.90 Å². The summed E-state index contributed by atoms with van der Waals surface area (Å²) in [6, 6.07) is 0.884.